The van der Waals surface area contributed by atoms with Crippen LogP contribution < -0.4 is 16.0 Å². The molecular weight excluding hydrogens is 518 g/mol. The van der Waals surface area contributed by atoms with Crippen molar-refractivity contribution in [1.82, 2.24) is 23.3 Å². The van der Waals surface area contributed by atoms with Gasteiger partial charge in [-0.15, -0.1) is 0 Å². The fourth-order valence-corrected chi connectivity index (χ4v) is 6.98. The molecule has 1 saturated heterocycles. The van der Waals surface area contributed by atoms with E-state index in [1.807, 2.05) is 20.0 Å². The molecule has 2 aliphatic rings. The monoisotopic (exact) mass is 547 g/mol. The Kier molecular flexibility index (Phi) is 6.71. The quantitative estimate of drug-likeness (QED) is 0.487. The second kappa shape index (κ2) is 9.70. The molecule has 4 heterocycles. The molecule has 198 valence electrons. The van der Waals surface area contributed by atoms with Crippen LogP contribution in [-0.4, -0.2) is 64.0 Å². The first-order valence-corrected chi connectivity index (χ1v) is 14.2. The highest BCUT2D eigenvalue weighted by atomic mass is 35.5. The summed E-state index contributed by atoms with van der Waals surface area (Å²) < 4.78 is 37.2. The molecule has 2 aromatic heterocycles. The zero-order valence-electron chi connectivity index (χ0n) is 21.0. The molecule has 0 unspecified atom stereocenters. The number of hydrogen-bond acceptors (Lipinski definition) is 6. The average Bonchev–Trinajstić information content (AvgIpc) is 3.49. The first-order valence-electron chi connectivity index (χ1n) is 12.4. The first-order chi connectivity index (χ1) is 17.7. The predicted molar refractivity (Wildman–Crippen MR) is 143 cm³/mol. The minimum Gasteiger partial charge on any atom is -0.493 e. The number of nitrogens with one attached hydrogen (secondary N) is 1. The second-order valence-corrected chi connectivity index (χ2v) is 11.6. The Bertz CT molecular complexity index is 1620. The van der Waals surface area contributed by atoms with Crippen molar-refractivity contribution < 1.29 is 13.2 Å². The molecule has 2 aliphatic heterocycles. The number of H-pyrrole nitrogens is 1. The molecule has 12 heteroatoms. The SMILES string of the molecule is CCCn1c(=O)n(C)c(=O)c2[nH]c(-c3cc(S(=O)(=O)N4CCN5C=CC[C@@H]5C4)ccc3OCC)c(Cl)c21. The maximum Gasteiger partial charge on any atom is 0.331 e. The van der Waals surface area contributed by atoms with Crippen molar-refractivity contribution in [3.05, 3.63) is 56.3 Å². The number of sulfonamides is 1. The van der Waals surface area contributed by atoms with Gasteiger partial charge in [0.2, 0.25) is 10.0 Å². The Hall–Kier alpha value is -3.02. The normalized spacial score (nSPS) is 18.1. The van der Waals surface area contributed by atoms with E-state index in [9.17, 15) is 18.0 Å². The Balaban J connectivity index is 1.66. The summed E-state index contributed by atoms with van der Waals surface area (Å²) in [6, 6.07) is 4.81. The van der Waals surface area contributed by atoms with Gasteiger partial charge in [-0.3, -0.25) is 13.9 Å². The predicted octanol–water partition coefficient (Wildman–Crippen LogP) is 2.75. The van der Waals surface area contributed by atoms with Crippen LogP contribution in [0, 0.1) is 0 Å². The van der Waals surface area contributed by atoms with Gasteiger partial charge >= 0.3 is 5.69 Å². The summed E-state index contributed by atoms with van der Waals surface area (Å²) in [6.07, 6.45) is 5.57. The average molecular weight is 548 g/mol. The molecule has 1 aromatic carbocycles. The minimum absolute atomic E-state index is 0.110. The highest BCUT2D eigenvalue weighted by Crippen LogP contribution is 2.39. The lowest BCUT2D eigenvalue weighted by Gasteiger charge is -2.37. The number of rotatable bonds is 7. The third-order valence-corrected chi connectivity index (χ3v) is 9.25. The topological polar surface area (TPSA) is 110 Å². The zero-order chi connectivity index (χ0) is 26.5. The number of hydrogen-bond donors (Lipinski definition) is 1. The molecule has 5 rings (SSSR count). The van der Waals surface area contributed by atoms with Crippen LogP contribution in [0.5, 0.6) is 5.75 Å². The lowest BCUT2D eigenvalue weighted by molar-refractivity contribution is 0.184. The van der Waals surface area contributed by atoms with Gasteiger partial charge in [-0.25, -0.2) is 13.2 Å². The van der Waals surface area contributed by atoms with E-state index in [4.69, 9.17) is 16.3 Å². The van der Waals surface area contributed by atoms with E-state index < -0.39 is 21.3 Å². The van der Waals surface area contributed by atoms with Crippen molar-refractivity contribution in [1.29, 1.82) is 0 Å². The molecule has 10 nitrogen and oxygen atoms in total. The van der Waals surface area contributed by atoms with Gasteiger partial charge in [-0.1, -0.05) is 24.6 Å². The van der Waals surface area contributed by atoms with Crippen molar-refractivity contribution in [2.45, 2.75) is 44.2 Å². The number of benzene rings is 1. The number of ether oxygens (including phenoxy) is 1. The van der Waals surface area contributed by atoms with Gasteiger partial charge in [0.15, 0.2) is 0 Å². The Morgan fingerprint density at radius 2 is 1.97 bits per heavy atom. The van der Waals surface area contributed by atoms with E-state index in [0.29, 0.717) is 61.7 Å². The van der Waals surface area contributed by atoms with Crippen molar-refractivity contribution in [2.75, 3.05) is 26.2 Å². The molecule has 3 aromatic rings. The van der Waals surface area contributed by atoms with Crippen LogP contribution in [-0.2, 0) is 23.6 Å². The van der Waals surface area contributed by atoms with E-state index in [2.05, 4.69) is 16.0 Å². The van der Waals surface area contributed by atoms with Gasteiger partial charge in [0.1, 0.15) is 11.3 Å². The minimum atomic E-state index is -3.80. The molecule has 0 spiro atoms. The summed E-state index contributed by atoms with van der Waals surface area (Å²) in [6.45, 7) is 5.89. The van der Waals surface area contributed by atoms with Crippen molar-refractivity contribution >= 4 is 32.7 Å². The highest BCUT2D eigenvalue weighted by molar-refractivity contribution is 7.89. The van der Waals surface area contributed by atoms with Gasteiger partial charge in [0, 0.05) is 44.8 Å². The van der Waals surface area contributed by atoms with Crippen LogP contribution >= 0.6 is 11.6 Å². The van der Waals surface area contributed by atoms with Crippen LogP contribution in [0.3, 0.4) is 0 Å². The Morgan fingerprint density at radius 3 is 2.70 bits per heavy atom. The van der Waals surface area contributed by atoms with Gasteiger partial charge in [0.05, 0.1) is 27.7 Å². The molecule has 0 aliphatic carbocycles. The number of halogens is 1. The standard InChI is InChI=1S/C25H30ClN5O5S/c1-4-10-31-23-20(26)21(27-22(23)24(32)28(3)25(31)33)18-14-17(8-9-19(18)36-5-2)37(34,35)30-13-12-29-11-6-7-16(29)15-30/h6,8-9,11,14,16,27H,4-5,7,10,12-13,15H2,1-3H3/t16-/m1/s1. The van der Waals surface area contributed by atoms with Gasteiger partial charge < -0.3 is 14.6 Å². The molecule has 0 bridgehead atoms. The van der Waals surface area contributed by atoms with E-state index in [1.54, 1.807) is 6.07 Å². The molecule has 1 atom stereocenters. The lowest BCUT2D eigenvalue weighted by Crippen LogP contribution is -2.51. The van der Waals surface area contributed by atoms with E-state index >= 15 is 0 Å². The number of nitrogens with zero attached hydrogens (tertiary/aromatic N) is 4. The van der Waals surface area contributed by atoms with Crippen molar-refractivity contribution in [3.8, 4) is 17.0 Å². The fourth-order valence-electron chi connectivity index (χ4n) is 5.14. The van der Waals surface area contributed by atoms with Gasteiger partial charge in [0.25, 0.3) is 5.56 Å². The van der Waals surface area contributed by atoms with Crippen molar-refractivity contribution in [3.63, 3.8) is 0 Å². The third kappa shape index (κ3) is 4.18. The van der Waals surface area contributed by atoms with Crippen LogP contribution in [0.4, 0.5) is 0 Å². The summed E-state index contributed by atoms with van der Waals surface area (Å²) in [5, 5.41) is 0.166. The van der Waals surface area contributed by atoms with E-state index in [0.717, 1.165) is 11.0 Å². The summed E-state index contributed by atoms with van der Waals surface area (Å²) in [5.41, 5.74) is 0.236. The Morgan fingerprint density at radius 1 is 1.19 bits per heavy atom. The largest absolute Gasteiger partial charge is 0.493 e. The van der Waals surface area contributed by atoms with Crippen LogP contribution in [0.25, 0.3) is 22.3 Å². The van der Waals surface area contributed by atoms with Crippen LogP contribution in [0.1, 0.15) is 26.7 Å². The lowest BCUT2D eigenvalue weighted by atomic mass is 10.1. The Labute approximate surface area is 219 Å². The summed E-state index contributed by atoms with van der Waals surface area (Å²) >= 11 is 6.81. The molecule has 1 fully saturated rings. The number of aryl methyl sites for hydroxylation is 1. The molecule has 1 N–H and O–H groups in total. The molecule has 0 radical (unpaired) electrons. The van der Waals surface area contributed by atoms with Crippen LogP contribution in [0.15, 0.2) is 45.0 Å². The number of piperazine rings is 1. The second-order valence-electron chi connectivity index (χ2n) is 9.30. The molecule has 37 heavy (non-hydrogen) atoms. The fraction of sp³-hybridized carbons (Fsp3) is 0.440. The maximum absolute atomic E-state index is 13.7. The van der Waals surface area contributed by atoms with Gasteiger partial charge in [-0.2, -0.15) is 4.31 Å². The number of aromatic nitrogens is 3. The highest BCUT2D eigenvalue weighted by Gasteiger charge is 2.35. The number of aromatic amines is 1. The molecule has 0 saturated carbocycles. The maximum atomic E-state index is 13.7. The van der Waals surface area contributed by atoms with Crippen molar-refractivity contribution in [2.24, 2.45) is 7.05 Å². The molecular formula is C25H30ClN5O5S. The smallest absolute Gasteiger partial charge is 0.331 e. The van der Waals surface area contributed by atoms with E-state index in [-0.39, 0.29) is 21.5 Å². The third-order valence-electron chi connectivity index (χ3n) is 7.02. The first kappa shape index (κ1) is 25.6. The van der Waals surface area contributed by atoms with Gasteiger partial charge in [-0.05, 0) is 44.2 Å². The summed E-state index contributed by atoms with van der Waals surface area (Å²) in [7, 11) is -2.38. The summed E-state index contributed by atoms with van der Waals surface area (Å²) in [5.74, 6) is 0.418. The summed E-state index contributed by atoms with van der Waals surface area (Å²) in [4.78, 5) is 31.2. The van der Waals surface area contributed by atoms with Crippen LogP contribution in [0.2, 0.25) is 5.02 Å². The zero-order valence-corrected chi connectivity index (χ0v) is 22.6. The number of fused-ring (bicyclic) bond motifs is 2. The molecule has 0 amide bonds. The van der Waals surface area contributed by atoms with E-state index in [1.165, 1.54) is 28.1 Å².